The smallest absolute Gasteiger partial charge is 0.336 e. The molecule has 0 aliphatic carbocycles. The number of rotatable bonds is 4. The number of piperidine rings is 1. The van der Waals surface area contributed by atoms with Crippen LogP contribution in [0.1, 0.15) is 29.6 Å². The molecule has 0 unspecified atom stereocenters. The van der Waals surface area contributed by atoms with Gasteiger partial charge in [0.25, 0.3) is 0 Å². The summed E-state index contributed by atoms with van der Waals surface area (Å²) in [5, 5.41) is 11.9. The highest BCUT2D eigenvalue weighted by Crippen LogP contribution is 2.30. The number of pyridine rings is 1. The lowest BCUT2D eigenvalue weighted by Gasteiger charge is -2.26. The zero-order valence-corrected chi connectivity index (χ0v) is 16.1. The van der Waals surface area contributed by atoms with Crippen LogP contribution < -0.4 is 0 Å². The Morgan fingerprint density at radius 3 is 2.56 bits per heavy atom. The Balaban J connectivity index is 1.85. The predicted octanol–water partition coefficient (Wildman–Crippen LogP) is 3.84. The molecule has 1 N–H and O–H groups in total. The SMILES string of the molecule is O=C(O)c1cc(-c2cccs2)nc2ccc(S(=O)(=O)N3CCCCC3)cc12. The van der Waals surface area contributed by atoms with Gasteiger partial charge < -0.3 is 5.11 Å². The molecule has 0 radical (unpaired) electrons. The fraction of sp³-hybridized carbons (Fsp3) is 0.263. The lowest BCUT2D eigenvalue weighted by atomic mass is 10.1. The van der Waals surface area contributed by atoms with Crippen molar-refractivity contribution in [3.05, 3.63) is 47.3 Å². The van der Waals surface area contributed by atoms with Gasteiger partial charge in [-0.1, -0.05) is 12.5 Å². The summed E-state index contributed by atoms with van der Waals surface area (Å²) in [5.74, 6) is -1.10. The Labute approximate surface area is 161 Å². The minimum atomic E-state index is -3.63. The van der Waals surface area contributed by atoms with Gasteiger partial charge in [-0.05, 0) is 48.6 Å². The van der Waals surface area contributed by atoms with Crippen LogP contribution in [-0.2, 0) is 10.0 Å². The van der Waals surface area contributed by atoms with E-state index in [1.54, 1.807) is 6.07 Å². The molecule has 6 nitrogen and oxygen atoms in total. The third-order valence-electron chi connectivity index (χ3n) is 4.74. The molecule has 27 heavy (non-hydrogen) atoms. The summed E-state index contributed by atoms with van der Waals surface area (Å²) in [6.07, 6.45) is 2.72. The molecule has 1 aliphatic heterocycles. The third-order valence-corrected chi connectivity index (χ3v) is 7.52. The first-order chi connectivity index (χ1) is 13.0. The lowest BCUT2D eigenvalue weighted by Crippen LogP contribution is -2.35. The van der Waals surface area contributed by atoms with Crippen LogP contribution in [0.4, 0.5) is 0 Å². The maximum absolute atomic E-state index is 12.9. The quantitative estimate of drug-likeness (QED) is 0.716. The summed E-state index contributed by atoms with van der Waals surface area (Å²) < 4.78 is 27.3. The Morgan fingerprint density at radius 1 is 1.11 bits per heavy atom. The first-order valence-electron chi connectivity index (χ1n) is 8.69. The highest BCUT2D eigenvalue weighted by molar-refractivity contribution is 7.89. The van der Waals surface area contributed by atoms with Crippen molar-refractivity contribution in [2.75, 3.05) is 13.1 Å². The van der Waals surface area contributed by atoms with Crippen LogP contribution in [0.2, 0.25) is 0 Å². The van der Waals surface area contributed by atoms with Gasteiger partial charge in [0.15, 0.2) is 0 Å². The number of aromatic carboxylic acids is 1. The molecule has 1 aromatic carbocycles. The van der Waals surface area contributed by atoms with Crippen LogP contribution in [0.15, 0.2) is 46.7 Å². The number of benzene rings is 1. The molecule has 0 bridgehead atoms. The molecular weight excluding hydrogens is 384 g/mol. The maximum atomic E-state index is 12.9. The summed E-state index contributed by atoms with van der Waals surface area (Å²) in [4.78, 5) is 17.3. The third kappa shape index (κ3) is 3.36. The Morgan fingerprint density at radius 2 is 1.89 bits per heavy atom. The van der Waals surface area contributed by atoms with E-state index >= 15 is 0 Å². The molecule has 3 heterocycles. The fourth-order valence-electron chi connectivity index (χ4n) is 3.35. The molecule has 0 atom stereocenters. The van der Waals surface area contributed by atoms with Gasteiger partial charge in [-0.15, -0.1) is 11.3 Å². The Kier molecular flexibility index (Phi) is 4.71. The van der Waals surface area contributed by atoms with E-state index in [1.165, 1.54) is 33.8 Å². The van der Waals surface area contributed by atoms with E-state index in [2.05, 4.69) is 4.98 Å². The number of nitrogens with zero attached hydrogens (tertiary/aromatic N) is 2. The molecule has 1 aliphatic rings. The van der Waals surface area contributed by atoms with Gasteiger partial charge in [-0.3, -0.25) is 0 Å². The molecule has 1 saturated heterocycles. The van der Waals surface area contributed by atoms with E-state index in [9.17, 15) is 18.3 Å². The highest BCUT2D eigenvalue weighted by Gasteiger charge is 2.27. The predicted molar refractivity (Wildman–Crippen MR) is 105 cm³/mol. The minimum absolute atomic E-state index is 0.0547. The first-order valence-corrected chi connectivity index (χ1v) is 11.0. The second-order valence-electron chi connectivity index (χ2n) is 6.48. The molecule has 8 heteroatoms. The first kappa shape index (κ1) is 18.1. The molecule has 0 saturated carbocycles. The summed E-state index contributed by atoms with van der Waals surface area (Å²) in [7, 11) is -3.63. The van der Waals surface area contributed by atoms with Gasteiger partial charge >= 0.3 is 5.97 Å². The van der Waals surface area contributed by atoms with Gasteiger partial charge in [-0.2, -0.15) is 4.31 Å². The second kappa shape index (κ2) is 7.03. The van der Waals surface area contributed by atoms with Crippen molar-refractivity contribution in [2.24, 2.45) is 0 Å². The number of hydrogen-bond acceptors (Lipinski definition) is 5. The van der Waals surface area contributed by atoms with Gasteiger partial charge in [0.1, 0.15) is 0 Å². The molecule has 4 rings (SSSR count). The number of fused-ring (bicyclic) bond motifs is 1. The topological polar surface area (TPSA) is 87.6 Å². The van der Waals surface area contributed by atoms with E-state index < -0.39 is 16.0 Å². The van der Waals surface area contributed by atoms with Crippen LogP contribution in [-0.4, -0.2) is 41.9 Å². The van der Waals surface area contributed by atoms with Crippen molar-refractivity contribution in [1.29, 1.82) is 0 Å². The van der Waals surface area contributed by atoms with Crippen molar-refractivity contribution < 1.29 is 18.3 Å². The summed E-state index contributed by atoms with van der Waals surface area (Å²) >= 11 is 1.47. The largest absolute Gasteiger partial charge is 0.478 e. The molecule has 140 valence electrons. The molecule has 1 fully saturated rings. The molecule has 0 amide bonds. The van der Waals surface area contributed by atoms with E-state index in [0.29, 0.717) is 29.7 Å². The zero-order chi connectivity index (χ0) is 19.0. The van der Waals surface area contributed by atoms with Crippen LogP contribution in [0, 0.1) is 0 Å². The monoisotopic (exact) mass is 402 g/mol. The highest BCUT2D eigenvalue weighted by atomic mass is 32.2. The maximum Gasteiger partial charge on any atom is 0.336 e. The second-order valence-corrected chi connectivity index (χ2v) is 9.37. The molecule has 0 spiro atoms. The van der Waals surface area contributed by atoms with Crippen LogP contribution >= 0.6 is 11.3 Å². The van der Waals surface area contributed by atoms with Crippen LogP contribution in [0.3, 0.4) is 0 Å². The van der Waals surface area contributed by atoms with Crippen molar-refractivity contribution in [3.8, 4) is 10.6 Å². The Bertz CT molecular complexity index is 1100. The normalized spacial score (nSPS) is 15.9. The van der Waals surface area contributed by atoms with Gasteiger partial charge in [-0.25, -0.2) is 18.2 Å². The average Bonchev–Trinajstić information content (AvgIpc) is 3.22. The van der Waals surface area contributed by atoms with E-state index in [-0.39, 0.29) is 10.5 Å². The molecule has 3 aromatic rings. The number of carbonyl (C=O) groups is 1. The van der Waals surface area contributed by atoms with Gasteiger partial charge in [0, 0.05) is 18.5 Å². The van der Waals surface area contributed by atoms with E-state index in [4.69, 9.17) is 0 Å². The molecular formula is C19H18N2O4S2. The summed E-state index contributed by atoms with van der Waals surface area (Å²) in [5.41, 5.74) is 1.09. The van der Waals surface area contributed by atoms with Crippen LogP contribution in [0.5, 0.6) is 0 Å². The minimum Gasteiger partial charge on any atom is -0.478 e. The van der Waals surface area contributed by atoms with Gasteiger partial charge in [0.2, 0.25) is 10.0 Å². The van der Waals surface area contributed by atoms with Crippen molar-refractivity contribution in [2.45, 2.75) is 24.2 Å². The number of carboxylic acid groups (broad SMARTS) is 1. The average molecular weight is 402 g/mol. The zero-order valence-electron chi connectivity index (χ0n) is 14.5. The fourth-order valence-corrected chi connectivity index (χ4v) is 5.58. The van der Waals surface area contributed by atoms with E-state index in [0.717, 1.165) is 24.1 Å². The number of hydrogen-bond donors (Lipinski definition) is 1. The van der Waals surface area contributed by atoms with Crippen LogP contribution in [0.25, 0.3) is 21.5 Å². The summed E-state index contributed by atoms with van der Waals surface area (Å²) in [6, 6.07) is 9.81. The Hall–Kier alpha value is -2.29. The number of aromatic nitrogens is 1. The molecule has 2 aromatic heterocycles. The van der Waals surface area contributed by atoms with Gasteiger partial charge in [0.05, 0.1) is 26.5 Å². The van der Waals surface area contributed by atoms with Crippen molar-refractivity contribution >= 4 is 38.2 Å². The lowest BCUT2D eigenvalue weighted by molar-refractivity contribution is 0.0699. The number of sulfonamides is 1. The number of thiophene rings is 1. The number of carboxylic acids is 1. The van der Waals surface area contributed by atoms with Crippen molar-refractivity contribution in [3.63, 3.8) is 0 Å². The standard InChI is InChI=1S/C19H18N2O4S2/c22-19(23)15-12-17(18-5-4-10-26-18)20-16-7-6-13(11-14(15)16)27(24,25)21-8-2-1-3-9-21/h4-7,10-12H,1-3,8-9H2,(H,22,23). The van der Waals surface area contributed by atoms with E-state index in [1.807, 2.05) is 17.5 Å². The summed E-state index contributed by atoms with van der Waals surface area (Å²) in [6.45, 7) is 1.00. The van der Waals surface area contributed by atoms with Crippen molar-refractivity contribution in [1.82, 2.24) is 9.29 Å².